The highest BCUT2D eigenvalue weighted by molar-refractivity contribution is 7.91. The molecule has 0 atom stereocenters. The number of hydrogen-bond acceptors (Lipinski definition) is 7. The number of sulfonamides is 1. The van der Waals surface area contributed by atoms with Crippen LogP contribution in [0.5, 0.6) is 11.5 Å². The number of ether oxygens (including phenoxy) is 2. The number of alkyl halides is 3. The molecule has 9 nitrogen and oxygen atoms in total. The number of carbonyl (C=O) groups is 1. The number of likely N-dealkylation sites (tertiary alicyclic amines) is 1. The molecule has 0 aliphatic carbocycles. The van der Waals surface area contributed by atoms with Crippen molar-refractivity contribution < 1.29 is 41.1 Å². The summed E-state index contributed by atoms with van der Waals surface area (Å²) in [6.07, 6.45) is -4.40. The van der Waals surface area contributed by atoms with Gasteiger partial charge >= 0.3 is 6.36 Å². The Kier molecular flexibility index (Phi) is 8.50. The normalized spacial score (nSPS) is 19.6. The van der Waals surface area contributed by atoms with Gasteiger partial charge in [0.05, 0.1) is 0 Å². The SMILES string of the molecule is O=C(NO)C1(S(=O)(=O)N2CCC(Oc3ccc(OC(F)(F)F)cc3)CC2)CCN(Cc2ccccc2)CC1. The molecule has 2 fully saturated rings. The van der Waals surface area contributed by atoms with Crippen molar-refractivity contribution in [1.82, 2.24) is 14.7 Å². The fourth-order valence-electron chi connectivity index (χ4n) is 4.97. The second-order valence-electron chi connectivity index (χ2n) is 9.44. The first-order valence-corrected chi connectivity index (χ1v) is 13.7. The smallest absolute Gasteiger partial charge is 0.490 e. The maximum absolute atomic E-state index is 13.7. The van der Waals surface area contributed by atoms with Crippen LogP contribution in [-0.4, -0.2) is 72.1 Å². The van der Waals surface area contributed by atoms with Gasteiger partial charge in [0, 0.05) is 32.7 Å². The number of rotatable bonds is 8. The van der Waals surface area contributed by atoms with Crippen molar-refractivity contribution >= 4 is 15.9 Å². The summed E-state index contributed by atoms with van der Waals surface area (Å²) in [6.45, 7) is 1.58. The lowest BCUT2D eigenvalue weighted by Gasteiger charge is -2.43. The highest BCUT2D eigenvalue weighted by atomic mass is 32.2. The molecule has 2 saturated heterocycles. The average molecular weight is 558 g/mol. The third-order valence-corrected chi connectivity index (χ3v) is 9.65. The first kappa shape index (κ1) is 28.1. The third kappa shape index (κ3) is 6.40. The maximum Gasteiger partial charge on any atom is 0.573 e. The molecular weight excluding hydrogens is 527 g/mol. The molecule has 38 heavy (non-hydrogen) atoms. The van der Waals surface area contributed by atoms with Gasteiger partial charge < -0.3 is 9.47 Å². The number of amides is 1. The second-order valence-corrected chi connectivity index (χ2v) is 11.7. The zero-order valence-corrected chi connectivity index (χ0v) is 21.4. The van der Waals surface area contributed by atoms with Gasteiger partial charge in [-0.15, -0.1) is 13.2 Å². The quantitative estimate of drug-likeness (QED) is 0.379. The van der Waals surface area contributed by atoms with Gasteiger partial charge in [-0.25, -0.2) is 18.2 Å². The van der Waals surface area contributed by atoms with Gasteiger partial charge in [-0.2, -0.15) is 0 Å². The van der Waals surface area contributed by atoms with Crippen LogP contribution >= 0.6 is 0 Å². The average Bonchev–Trinajstić information content (AvgIpc) is 2.90. The van der Waals surface area contributed by atoms with E-state index in [-0.39, 0.29) is 37.8 Å². The van der Waals surface area contributed by atoms with Crippen LogP contribution in [0.2, 0.25) is 0 Å². The zero-order valence-electron chi connectivity index (χ0n) is 20.6. The molecule has 0 aromatic heterocycles. The summed E-state index contributed by atoms with van der Waals surface area (Å²) in [4.78, 5) is 14.9. The Morgan fingerprint density at radius 1 is 0.974 bits per heavy atom. The van der Waals surface area contributed by atoms with Gasteiger partial charge in [0.1, 0.15) is 17.6 Å². The standard InChI is InChI=1S/C25H30F3N3O6S/c26-25(27,28)37-22-8-6-20(7-9-22)36-21-10-14-31(15-11-21)38(34,35)24(23(32)29-33)12-16-30(17-13-24)18-19-4-2-1-3-5-19/h1-9,21,33H,10-18H2,(H,29,32). The van der Waals surface area contributed by atoms with E-state index in [1.165, 1.54) is 16.4 Å². The number of piperidine rings is 2. The van der Waals surface area contributed by atoms with Crippen LogP contribution in [0, 0.1) is 0 Å². The molecule has 0 radical (unpaired) electrons. The Hall–Kier alpha value is -2.87. The van der Waals surface area contributed by atoms with E-state index in [1.807, 2.05) is 30.3 Å². The Morgan fingerprint density at radius 2 is 1.55 bits per heavy atom. The number of carbonyl (C=O) groups excluding carboxylic acids is 1. The lowest BCUT2D eigenvalue weighted by molar-refractivity contribution is -0.274. The van der Waals surface area contributed by atoms with Crippen molar-refractivity contribution in [3.8, 4) is 11.5 Å². The molecule has 2 aliphatic rings. The second kappa shape index (κ2) is 11.5. The van der Waals surface area contributed by atoms with Crippen molar-refractivity contribution in [2.45, 2.75) is 49.4 Å². The Labute approximate surface area is 219 Å². The topological polar surface area (TPSA) is 108 Å². The zero-order chi connectivity index (χ0) is 27.4. The van der Waals surface area contributed by atoms with E-state index >= 15 is 0 Å². The highest BCUT2D eigenvalue weighted by Gasteiger charge is 2.55. The summed E-state index contributed by atoms with van der Waals surface area (Å²) < 4.78 is 73.7. The molecule has 1 amide bonds. The number of nitrogens with zero attached hydrogens (tertiary/aromatic N) is 2. The molecule has 2 aromatic carbocycles. The van der Waals surface area contributed by atoms with Crippen LogP contribution in [0.15, 0.2) is 54.6 Å². The summed E-state index contributed by atoms with van der Waals surface area (Å²) >= 11 is 0. The summed E-state index contributed by atoms with van der Waals surface area (Å²) in [5, 5.41) is 9.42. The van der Waals surface area contributed by atoms with Crippen LogP contribution < -0.4 is 15.0 Å². The summed E-state index contributed by atoms with van der Waals surface area (Å²) in [5.74, 6) is -0.966. The van der Waals surface area contributed by atoms with Gasteiger partial charge in [0.25, 0.3) is 5.91 Å². The molecule has 2 aromatic rings. The number of hydrogen-bond donors (Lipinski definition) is 2. The minimum Gasteiger partial charge on any atom is -0.490 e. The predicted molar refractivity (Wildman–Crippen MR) is 131 cm³/mol. The minimum absolute atomic E-state index is 0.0390. The third-order valence-electron chi connectivity index (χ3n) is 7.02. The molecule has 0 bridgehead atoms. The minimum atomic E-state index is -4.79. The lowest BCUT2D eigenvalue weighted by atomic mass is 9.94. The van der Waals surface area contributed by atoms with Gasteiger partial charge in [0.15, 0.2) is 4.75 Å². The predicted octanol–water partition coefficient (Wildman–Crippen LogP) is 3.30. The number of halogens is 3. The Bertz CT molecular complexity index is 1180. The van der Waals surface area contributed by atoms with Crippen LogP contribution in [0.4, 0.5) is 13.2 Å². The first-order chi connectivity index (χ1) is 18.0. The van der Waals surface area contributed by atoms with Gasteiger partial charge in [-0.3, -0.25) is 14.9 Å². The molecule has 2 aliphatic heterocycles. The van der Waals surface area contributed by atoms with E-state index in [4.69, 9.17) is 4.74 Å². The first-order valence-electron chi connectivity index (χ1n) is 12.3. The van der Waals surface area contributed by atoms with E-state index in [2.05, 4.69) is 9.64 Å². The van der Waals surface area contributed by atoms with E-state index in [0.29, 0.717) is 38.2 Å². The van der Waals surface area contributed by atoms with E-state index in [0.717, 1.165) is 17.7 Å². The Morgan fingerprint density at radius 3 is 2.11 bits per heavy atom. The number of nitrogens with one attached hydrogen (secondary N) is 1. The molecule has 4 rings (SSSR count). The van der Waals surface area contributed by atoms with Crippen molar-refractivity contribution in [3.63, 3.8) is 0 Å². The molecule has 208 valence electrons. The van der Waals surface area contributed by atoms with Gasteiger partial charge in [-0.05, 0) is 55.5 Å². The molecule has 13 heteroatoms. The summed E-state index contributed by atoms with van der Waals surface area (Å²) in [6, 6.07) is 14.7. The van der Waals surface area contributed by atoms with E-state index in [1.54, 1.807) is 5.48 Å². The van der Waals surface area contributed by atoms with Crippen molar-refractivity contribution in [3.05, 3.63) is 60.2 Å². The van der Waals surface area contributed by atoms with Crippen molar-refractivity contribution in [1.29, 1.82) is 0 Å². The highest BCUT2D eigenvalue weighted by Crippen LogP contribution is 2.36. The van der Waals surface area contributed by atoms with Crippen molar-refractivity contribution in [2.75, 3.05) is 26.2 Å². The van der Waals surface area contributed by atoms with Crippen LogP contribution in [0.3, 0.4) is 0 Å². The number of benzene rings is 2. The van der Waals surface area contributed by atoms with Crippen LogP contribution in [0.1, 0.15) is 31.2 Å². The van der Waals surface area contributed by atoms with Gasteiger partial charge in [-0.1, -0.05) is 30.3 Å². The summed E-state index contributed by atoms with van der Waals surface area (Å²) in [7, 11) is -4.12. The van der Waals surface area contributed by atoms with Gasteiger partial charge in [0.2, 0.25) is 10.0 Å². The Balaban J connectivity index is 1.36. The van der Waals surface area contributed by atoms with Crippen LogP contribution in [-0.2, 0) is 21.4 Å². The van der Waals surface area contributed by atoms with E-state index in [9.17, 15) is 31.6 Å². The van der Waals surface area contributed by atoms with Crippen molar-refractivity contribution in [2.24, 2.45) is 0 Å². The largest absolute Gasteiger partial charge is 0.573 e. The summed E-state index contributed by atoms with van der Waals surface area (Å²) in [5.41, 5.74) is 2.66. The van der Waals surface area contributed by atoms with E-state index < -0.39 is 27.0 Å². The molecule has 0 spiro atoms. The van der Waals surface area contributed by atoms with Crippen LogP contribution in [0.25, 0.3) is 0 Å². The maximum atomic E-state index is 13.7. The fourth-order valence-corrected chi connectivity index (χ4v) is 7.13. The monoisotopic (exact) mass is 557 g/mol. The molecule has 0 saturated carbocycles. The fraction of sp³-hybridized carbons (Fsp3) is 0.480. The number of hydroxylamine groups is 1. The molecule has 0 unspecified atom stereocenters. The molecule has 2 N–H and O–H groups in total. The lowest BCUT2D eigenvalue weighted by Crippen LogP contribution is -2.62. The molecule has 2 heterocycles. The molecular formula is C25H30F3N3O6S.